The normalized spacial score (nSPS) is 10.3. The zero-order chi connectivity index (χ0) is 9.56. The quantitative estimate of drug-likeness (QED) is 0.577. The summed E-state index contributed by atoms with van der Waals surface area (Å²) < 4.78 is 12.9. The molecule has 0 rings (SSSR count). The molecule has 0 radical (unpaired) electrons. The average molecular weight is 174 g/mol. The number of hydrogen-bond acceptors (Lipinski definition) is 2. The van der Waals surface area contributed by atoms with E-state index < -0.39 is 17.7 Å². The van der Waals surface area contributed by atoms with Crippen molar-refractivity contribution < 1.29 is 14.0 Å². The maximum Gasteiger partial charge on any atom is 0.216 e. The van der Waals surface area contributed by atoms with E-state index in [1.807, 2.05) is 0 Å². The molecule has 0 aliphatic rings. The van der Waals surface area contributed by atoms with Crippen LogP contribution in [0.2, 0.25) is 0 Å². The minimum atomic E-state index is -1.87. The smallest absolute Gasteiger partial charge is 0.216 e. The topological polar surface area (TPSA) is 34.1 Å². The van der Waals surface area contributed by atoms with Gasteiger partial charge in [-0.05, 0) is 12.8 Å². The first-order valence-electron chi connectivity index (χ1n) is 4.33. The van der Waals surface area contributed by atoms with Crippen molar-refractivity contribution in [3.8, 4) is 0 Å². The molecule has 0 aromatic heterocycles. The molecule has 0 fully saturated rings. The lowest BCUT2D eigenvalue weighted by Gasteiger charge is -2.03. The number of carbonyl (C=O) groups is 2. The first-order chi connectivity index (χ1) is 5.63. The summed E-state index contributed by atoms with van der Waals surface area (Å²) in [6, 6.07) is 0. The summed E-state index contributed by atoms with van der Waals surface area (Å²) in [7, 11) is 0. The van der Waals surface area contributed by atoms with Crippen molar-refractivity contribution in [3.63, 3.8) is 0 Å². The lowest BCUT2D eigenvalue weighted by atomic mass is 10.1. The first-order valence-corrected chi connectivity index (χ1v) is 4.33. The highest BCUT2D eigenvalue weighted by molar-refractivity contribution is 6.05. The molecule has 0 N–H and O–H groups in total. The van der Waals surface area contributed by atoms with Crippen molar-refractivity contribution in [1.82, 2.24) is 0 Å². The molecule has 0 heterocycles. The Morgan fingerprint density at radius 1 is 1.08 bits per heavy atom. The van der Waals surface area contributed by atoms with Gasteiger partial charge in [0.1, 0.15) is 0 Å². The van der Waals surface area contributed by atoms with Crippen molar-refractivity contribution in [2.75, 3.05) is 0 Å². The van der Waals surface area contributed by atoms with Gasteiger partial charge >= 0.3 is 0 Å². The molecule has 0 atom stereocenters. The maximum atomic E-state index is 12.9. The monoisotopic (exact) mass is 174 g/mol. The zero-order valence-electron chi connectivity index (χ0n) is 7.60. The molecule has 0 aromatic rings. The van der Waals surface area contributed by atoms with Gasteiger partial charge in [0.15, 0.2) is 11.6 Å². The van der Waals surface area contributed by atoms with E-state index in [-0.39, 0.29) is 12.8 Å². The fourth-order valence-electron chi connectivity index (χ4n) is 0.926. The van der Waals surface area contributed by atoms with E-state index in [1.54, 1.807) is 13.8 Å². The standard InChI is InChI=1S/C9H15FO2/c1-3-5-7(11)9(10)8(12)6-4-2/h9H,3-6H2,1-2H3. The van der Waals surface area contributed by atoms with Gasteiger partial charge in [0.05, 0.1) is 0 Å². The highest BCUT2D eigenvalue weighted by atomic mass is 19.1. The van der Waals surface area contributed by atoms with Gasteiger partial charge in [-0.25, -0.2) is 4.39 Å². The zero-order valence-corrected chi connectivity index (χ0v) is 7.60. The van der Waals surface area contributed by atoms with Crippen LogP contribution in [0.1, 0.15) is 39.5 Å². The summed E-state index contributed by atoms with van der Waals surface area (Å²) in [5, 5.41) is 0. The second-order valence-corrected chi connectivity index (χ2v) is 2.80. The highest BCUT2D eigenvalue weighted by Crippen LogP contribution is 2.05. The van der Waals surface area contributed by atoms with E-state index in [9.17, 15) is 14.0 Å². The van der Waals surface area contributed by atoms with Crippen LogP contribution >= 0.6 is 0 Å². The van der Waals surface area contributed by atoms with Crippen LogP contribution < -0.4 is 0 Å². The van der Waals surface area contributed by atoms with Gasteiger partial charge in [0, 0.05) is 12.8 Å². The molecule has 0 aliphatic carbocycles. The fourth-order valence-corrected chi connectivity index (χ4v) is 0.926. The van der Waals surface area contributed by atoms with Crippen LogP contribution in [0.4, 0.5) is 4.39 Å². The van der Waals surface area contributed by atoms with Gasteiger partial charge in [0.25, 0.3) is 0 Å². The largest absolute Gasteiger partial charge is 0.296 e. The van der Waals surface area contributed by atoms with Crippen LogP contribution in [-0.4, -0.2) is 17.7 Å². The molecule has 0 aromatic carbocycles. The summed E-state index contributed by atoms with van der Waals surface area (Å²) in [5.74, 6) is -1.15. The SMILES string of the molecule is CCCC(=O)C(F)C(=O)CCC. The minimum Gasteiger partial charge on any atom is -0.296 e. The number of hydrogen-bond donors (Lipinski definition) is 0. The molecule has 0 bridgehead atoms. The summed E-state index contributed by atoms with van der Waals surface area (Å²) in [4.78, 5) is 21.7. The van der Waals surface area contributed by atoms with Gasteiger partial charge in [-0.3, -0.25) is 9.59 Å². The third-order valence-corrected chi connectivity index (χ3v) is 1.56. The van der Waals surface area contributed by atoms with Gasteiger partial charge in [-0.15, -0.1) is 0 Å². The van der Waals surface area contributed by atoms with Crippen LogP contribution in [0.5, 0.6) is 0 Å². The summed E-state index contributed by atoms with van der Waals surface area (Å²) in [6.45, 7) is 3.57. The van der Waals surface area contributed by atoms with E-state index in [4.69, 9.17) is 0 Å². The lowest BCUT2D eigenvalue weighted by molar-refractivity contribution is -0.134. The van der Waals surface area contributed by atoms with Gasteiger partial charge in [-0.1, -0.05) is 13.8 Å². The lowest BCUT2D eigenvalue weighted by Crippen LogP contribution is -2.25. The number of alkyl halides is 1. The van der Waals surface area contributed by atoms with Crippen LogP contribution in [0.3, 0.4) is 0 Å². The molecule has 0 aliphatic heterocycles. The van der Waals surface area contributed by atoms with Gasteiger partial charge in [0.2, 0.25) is 6.17 Å². The predicted molar refractivity (Wildman–Crippen MR) is 44.7 cm³/mol. The van der Waals surface area contributed by atoms with Crippen LogP contribution in [0.15, 0.2) is 0 Å². The average Bonchev–Trinajstić information content (AvgIpc) is 2.04. The minimum absolute atomic E-state index is 0.163. The Hall–Kier alpha value is -0.730. The Kier molecular flexibility index (Phi) is 5.51. The number of carbonyl (C=O) groups excluding carboxylic acids is 2. The first kappa shape index (κ1) is 11.3. The second-order valence-electron chi connectivity index (χ2n) is 2.80. The summed E-state index contributed by atoms with van der Waals surface area (Å²) in [6.07, 6.45) is -0.352. The maximum absolute atomic E-state index is 12.9. The number of rotatable bonds is 6. The van der Waals surface area contributed by atoms with Crippen molar-refractivity contribution >= 4 is 11.6 Å². The van der Waals surface area contributed by atoms with E-state index in [0.29, 0.717) is 12.8 Å². The summed E-state index contributed by atoms with van der Waals surface area (Å²) in [5.41, 5.74) is 0. The Labute approximate surface area is 72.1 Å². The number of ketones is 2. The number of Topliss-reactive ketones (excluding diaryl/α,β-unsaturated/α-hetero) is 2. The van der Waals surface area contributed by atoms with E-state index in [2.05, 4.69) is 0 Å². The molecule has 0 spiro atoms. The van der Waals surface area contributed by atoms with E-state index in [1.165, 1.54) is 0 Å². The molecule has 2 nitrogen and oxygen atoms in total. The van der Waals surface area contributed by atoms with Gasteiger partial charge < -0.3 is 0 Å². The fraction of sp³-hybridized carbons (Fsp3) is 0.778. The van der Waals surface area contributed by atoms with Crippen molar-refractivity contribution in [1.29, 1.82) is 0 Å². The summed E-state index contributed by atoms with van der Waals surface area (Å²) >= 11 is 0. The Morgan fingerprint density at radius 3 is 1.67 bits per heavy atom. The third-order valence-electron chi connectivity index (χ3n) is 1.56. The van der Waals surface area contributed by atoms with Gasteiger partial charge in [-0.2, -0.15) is 0 Å². The Balaban J connectivity index is 3.91. The predicted octanol–water partition coefficient (Wildman–Crippen LogP) is 2.06. The molecule has 12 heavy (non-hydrogen) atoms. The Morgan fingerprint density at radius 2 is 1.42 bits per heavy atom. The molecule has 70 valence electrons. The third kappa shape index (κ3) is 3.60. The van der Waals surface area contributed by atoms with Crippen molar-refractivity contribution in [3.05, 3.63) is 0 Å². The van der Waals surface area contributed by atoms with Crippen LogP contribution in [0, 0.1) is 0 Å². The Bertz CT molecular complexity index is 148. The van der Waals surface area contributed by atoms with Crippen molar-refractivity contribution in [2.45, 2.75) is 45.7 Å². The van der Waals surface area contributed by atoms with Crippen LogP contribution in [-0.2, 0) is 9.59 Å². The molecule has 3 heteroatoms. The molecule has 0 amide bonds. The highest BCUT2D eigenvalue weighted by Gasteiger charge is 2.23. The molecule has 0 unspecified atom stereocenters. The molecule has 0 saturated carbocycles. The van der Waals surface area contributed by atoms with Crippen molar-refractivity contribution in [2.24, 2.45) is 0 Å². The van der Waals surface area contributed by atoms with Crippen LogP contribution in [0.25, 0.3) is 0 Å². The molecule has 0 saturated heterocycles. The number of halogens is 1. The molecular weight excluding hydrogens is 159 g/mol. The van der Waals surface area contributed by atoms with E-state index in [0.717, 1.165) is 0 Å². The van der Waals surface area contributed by atoms with E-state index >= 15 is 0 Å². The molecular formula is C9H15FO2. The second kappa shape index (κ2) is 5.86.